The number of rotatable bonds is 3. The molecule has 0 radical (unpaired) electrons. The molecule has 1 aromatic rings. The third-order valence-electron chi connectivity index (χ3n) is 1.20. The molecule has 0 aliphatic carbocycles. The van der Waals surface area contributed by atoms with Gasteiger partial charge in [-0.3, -0.25) is 4.79 Å². The Hall–Kier alpha value is -0.970. The van der Waals surface area contributed by atoms with Crippen LogP contribution in [0.15, 0.2) is 5.51 Å². The lowest BCUT2D eigenvalue weighted by molar-refractivity contribution is -0.116. The maximum Gasteiger partial charge on any atom is 0.226 e. The predicted octanol–water partition coefficient (Wildman–Crippen LogP) is 1.52. The molecule has 0 unspecified atom stereocenters. The van der Waals surface area contributed by atoms with E-state index in [0.717, 1.165) is 0 Å². The highest BCUT2D eigenvalue weighted by molar-refractivity contribution is 7.13. The lowest BCUT2D eigenvalue weighted by atomic mass is 10.1. The van der Waals surface area contributed by atoms with Crippen LogP contribution < -0.4 is 5.32 Å². The molecule has 12 heavy (non-hydrogen) atoms. The summed E-state index contributed by atoms with van der Waals surface area (Å²) < 4.78 is 0. The predicted molar refractivity (Wildman–Crippen MR) is 48.0 cm³/mol. The van der Waals surface area contributed by atoms with E-state index in [4.69, 9.17) is 0 Å². The van der Waals surface area contributed by atoms with Crippen molar-refractivity contribution in [2.75, 3.05) is 5.32 Å². The molecule has 0 spiro atoms. The zero-order chi connectivity index (χ0) is 8.97. The van der Waals surface area contributed by atoms with Crippen LogP contribution >= 0.6 is 11.3 Å². The first-order chi connectivity index (χ1) is 5.68. The average molecular weight is 185 g/mol. The zero-order valence-electron chi connectivity index (χ0n) is 7.07. The van der Waals surface area contributed by atoms with E-state index >= 15 is 0 Å². The van der Waals surface area contributed by atoms with Gasteiger partial charge in [-0.25, -0.2) is 0 Å². The molecule has 0 bridgehead atoms. The van der Waals surface area contributed by atoms with Gasteiger partial charge >= 0.3 is 0 Å². The van der Waals surface area contributed by atoms with Crippen molar-refractivity contribution in [3.8, 4) is 0 Å². The Morgan fingerprint density at radius 1 is 1.75 bits per heavy atom. The van der Waals surface area contributed by atoms with Crippen molar-refractivity contribution in [2.24, 2.45) is 5.92 Å². The van der Waals surface area contributed by atoms with Crippen LogP contribution in [-0.4, -0.2) is 16.1 Å². The Morgan fingerprint density at radius 2 is 2.50 bits per heavy atom. The molecule has 1 amide bonds. The molecule has 1 rings (SSSR count). The number of carbonyl (C=O) groups excluding carboxylic acids is 1. The fourth-order valence-corrected chi connectivity index (χ4v) is 1.23. The molecule has 5 heteroatoms. The molecule has 0 fully saturated rings. The van der Waals surface area contributed by atoms with Gasteiger partial charge < -0.3 is 5.32 Å². The van der Waals surface area contributed by atoms with E-state index in [1.807, 2.05) is 13.8 Å². The van der Waals surface area contributed by atoms with Gasteiger partial charge in [-0.05, 0) is 5.92 Å². The molecular weight excluding hydrogens is 174 g/mol. The second kappa shape index (κ2) is 4.15. The number of hydrogen-bond acceptors (Lipinski definition) is 4. The first-order valence-electron chi connectivity index (χ1n) is 3.74. The fourth-order valence-electron chi connectivity index (χ4n) is 0.769. The molecule has 4 nitrogen and oxygen atoms in total. The Bertz CT molecular complexity index is 245. The quantitative estimate of drug-likeness (QED) is 0.776. The number of anilines is 1. The van der Waals surface area contributed by atoms with Gasteiger partial charge in [0.05, 0.1) is 0 Å². The van der Waals surface area contributed by atoms with E-state index in [2.05, 4.69) is 15.5 Å². The first-order valence-corrected chi connectivity index (χ1v) is 4.62. The normalized spacial score (nSPS) is 10.2. The van der Waals surface area contributed by atoms with Crippen LogP contribution in [0.1, 0.15) is 20.3 Å². The number of aromatic nitrogens is 2. The summed E-state index contributed by atoms with van der Waals surface area (Å²) in [5, 5.41) is 10.5. The summed E-state index contributed by atoms with van der Waals surface area (Å²) in [5.74, 6) is 0.375. The van der Waals surface area contributed by atoms with E-state index in [1.54, 1.807) is 5.51 Å². The van der Waals surface area contributed by atoms with Gasteiger partial charge in [-0.15, -0.1) is 10.2 Å². The summed E-state index contributed by atoms with van der Waals surface area (Å²) in [5.41, 5.74) is 1.59. The number of hydrogen-bond donors (Lipinski definition) is 1. The molecule has 0 aliphatic rings. The van der Waals surface area contributed by atoms with Gasteiger partial charge in [0.1, 0.15) is 5.51 Å². The Kier molecular flexibility index (Phi) is 3.16. The average Bonchev–Trinajstić information content (AvgIpc) is 2.37. The number of nitrogens with one attached hydrogen (secondary N) is 1. The van der Waals surface area contributed by atoms with Crippen LogP contribution in [0.5, 0.6) is 0 Å². The highest BCUT2D eigenvalue weighted by atomic mass is 32.1. The summed E-state index contributed by atoms with van der Waals surface area (Å²) in [6.07, 6.45) is 0.527. The van der Waals surface area contributed by atoms with Crippen molar-refractivity contribution < 1.29 is 4.79 Å². The number of carbonyl (C=O) groups is 1. The molecule has 1 heterocycles. The third kappa shape index (κ3) is 2.96. The molecule has 66 valence electrons. The van der Waals surface area contributed by atoms with E-state index in [9.17, 15) is 4.79 Å². The van der Waals surface area contributed by atoms with Gasteiger partial charge in [-0.1, -0.05) is 25.2 Å². The lowest BCUT2D eigenvalue weighted by Crippen LogP contribution is -2.13. The van der Waals surface area contributed by atoms with Gasteiger partial charge in [0, 0.05) is 6.42 Å². The van der Waals surface area contributed by atoms with E-state index < -0.39 is 0 Å². The van der Waals surface area contributed by atoms with Crippen molar-refractivity contribution in [1.29, 1.82) is 0 Å². The molecule has 0 aliphatic heterocycles. The molecule has 0 saturated carbocycles. The fraction of sp³-hybridized carbons (Fsp3) is 0.571. The molecule has 0 saturated heterocycles. The maximum absolute atomic E-state index is 11.1. The summed E-state index contributed by atoms with van der Waals surface area (Å²) in [4.78, 5) is 11.1. The second-order valence-electron chi connectivity index (χ2n) is 2.89. The monoisotopic (exact) mass is 185 g/mol. The lowest BCUT2D eigenvalue weighted by Gasteiger charge is -2.02. The topological polar surface area (TPSA) is 54.9 Å². The molecule has 0 aromatic carbocycles. The minimum absolute atomic E-state index is 0.00162. The third-order valence-corrected chi connectivity index (χ3v) is 1.81. The van der Waals surface area contributed by atoms with Gasteiger partial charge in [0.25, 0.3) is 0 Å². The standard InChI is InChI=1S/C7H11N3OS/c1-5(2)3-6(11)9-7-10-8-4-12-7/h4-5H,3H2,1-2H3,(H,9,10,11). The van der Waals surface area contributed by atoms with Crippen molar-refractivity contribution in [3.05, 3.63) is 5.51 Å². The van der Waals surface area contributed by atoms with Crippen LogP contribution in [0.25, 0.3) is 0 Å². The van der Waals surface area contributed by atoms with Crippen LogP contribution in [0.2, 0.25) is 0 Å². The number of amides is 1. The van der Waals surface area contributed by atoms with Crippen molar-refractivity contribution in [3.63, 3.8) is 0 Å². The van der Waals surface area contributed by atoms with Crippen LogP contribution in [0.3, 0.4) is 0 Å². The van der Waals surface area contributed by atoms with Crippen LogP contribution in [0, 0.1) is 5.92 Å². The minimum atomic E-state index is 0.00162. The van der Waals surface area contributed by atoms with Gasteiger partial charge in [-0.2, -0.15) is 0 Å². The molecular formula is C7H11N3OS. The smallest absolute Gasteiger partial charge is 0.226 e. The Morgan fingerprint density at radius 3 is 3.00 bits per heavy atom. The van der Waals surface area contributed by atoms with Crippen LogP contribution in [0.4, 0.5) is 5.13 Å². The minimum Gasteiger partial charge on any atom is -0.301 e. The van der Waals surface area contributed by atoms with E-state index in [1.165, 1.54) is 11.3 Å². The number of nitrogens with zero attached hydrogens (tertiary/aromatic N) is 2. The SMILES string of the molecule is CC(C)CC(=O)Nc1nncs1. The zero-order valence-corrected chi connectivity index (χ0v) is 7.89. The van der Waals surface area contributed by atoms with Gasteiger partial charge in [0.2, 0.25) is 11.0 Å². The summed E-state index contributed by atoms with van der Waals surface area (Å²) >= 11 is 1.32. The first kappa shape index (κ1) is 9.12. The molecule has 1 aromatic heterocycles. The summed E-state index contributed by atoms with van der Waals surface area (Å²) in [6, 6.07) is 0. The highest BCUT2D eigenvalue weighted by Gasteiger charge is 2.06. The van der Waals surface area contributed by atoms with E-state index in [0.29, 0.717) is 17.5 Å². The highest BCUT2D eigenvalue weighted by Crippen LogP contribution is 2.09. The Balaban J connectivity index is 2.37. The van der Waals surface area contributed by atoms with Crippen LogP contribution in [-0.2, 0) is 4.79 Å². The summed E-state index contributed by atoms with van der Waals surface area (Å²) in [7, 11) is 0. The Labute approximate surface area is 75.0 Å². The second-order valence-corrected chi connectivity index (χ2v) is 3.72. The molecule has 0 atom stereocenters. The van der Waals surface area contributed by atoms with Crippen molar-refractivity contribution >= 4 is 22.4 Å². The largest absolute Gasteiger partial charge is 0.301 e. The molecule has 1 N–H and O–H groups in total. The van der Waals surface area contributed by atoms with Crippen molar-refractivity contribution in [2.45, 2.75) is 20.3 Å². The summed E-state index contributed by atoms with van der Waals surface area (Å²) in [6.45, 7) is 4.00. The van der Waals surface area contributed by atoms with Gasteiger partial charge in [0.15, 0.2) is 0 Å². The van der Waals surface area contributed by atoms with E-state index in [-0.39, 0.29) is 5.91 Å². The van der Waals surface area contributed by atoms with Crippen molar-refractivity contribution in [1.82, 2.24) is 10.2 Å². The maximum atomic E-state index is 11.1.